The molecule has 0 spiro atoms. The molecule has 0 radical (unpaired) electrons. The summed E-state index contributed by atoms with van der Waals surface area (Å²) in [7, 11) is 0. The van der Waals surface area contributed by atoms with Crippen molar-refractivity contribution in [3.05, 3.63) is 70.8 Å². The first-order chi connectivity index (χ1) is 21.2. The molecule has 10 nitrogen and oxygen atoms in total. The van der Waals surface area contributed by atoms with Crippen molar-refractivity contribution in [2.45, 2.75) is 63.9 Å². The molecule has 0 unspecified atom stereocenters. The van der Waals surface area contributed by atoms with Crippen molar-refractivity contribution in [2.24, 2.45) is 0 Å². The van der Waals surface area contributed by atoms with Gasteiger partial charge in [0.15, 0.2) is 0 Å². The number of halogens is 1. The molecule has 4 atom stereocenters. The summed E-state index contributed by atoms with van der Waals surface area (Å²) in [5.41, 5.74) is 3.49. The maximum Gasteiger partial charge on any atom is 0.408 e. The van der Waals surface area contributed by atoms with E-state index in [1.165, 1.54) is 0 Å². The molecule has 2 bridgehead atoms. The van der Waals surface area contributed by atoms with E-state index in [0.717, 1.165) is 21.5 Å². The van der Waals surface area contributed by atoms with Crippen LogP contribution in [0.25, 0.3) is 22.2 Å². The van der Waals surface area contributed by atoms with Crippen LogP contribution in [0.4, 0.5) is 10.7 Å². The first-order valence-corrected chi connectivity index (χ1v) is 14.3. The fourth-order valence-electron chi connectivity index (χ4n) is 6.19. The second kappa shape index (κ2) is 9.42. The van der Waals surface area contributed by atoms with Gasteiger partial charge in [0, 0.05) is 58.2 Å². The molecule has 1 saturated heterocycles. The molecule has 5 heterocycles. The lowest BCUT2D eigenvalue weighted by Crippen LogP contribution is -2.66. The largest absolute Gasteiger partial charge is 0.444 e. The number of alkyl carbamates (subject to hydrolysis) is 1. The fourth-order valence-corrected chi connectivity index (χ4v) is 6.50. The van der Waals surface area contributed by atoms with Crippen LogP contribution in [0.5, 0.6) is 0 Å². The van der Waals surface area contributed by atoms with Crippen LogP contribution < -0.4 is 10.2 Å². The van der Waals surface area contributed by atoms with Gasteiger partial charge in [-0.15, -0.1) is 0 Å². The predicted octanol–water partition coefficient (Wildman–Crippen LogP) is 5.37. The summed E-state index contributed by atoms with van der Waals surface area (Å²) >= 11 is 6.68. The highest BCUT2D eigenvalue weighted by atomic mass is 35.5. The van der Waals surface area contributed by atoms with Crippen molar-refractivity contribution >= 4 is 40.6 Å². The normalized spacial score (nSPS) is 24.2. The van der Waals surface area contributed by atoms with Crippen molar-refractivity contribution in [3.8, 4) is 11.1 Å². The highest BCUT2D eigenvalue weighted by Gasteiger charge is 2.44. The monoisotopic (exact) mass is 588 g/mol. The van der Waals surface area contributed by atoms with Crippen LogP contribution in [0.2, 0.25) is 5.02 Å². The van der Waals surface area contributed by atoms with Gasteiger partial charge in [0.1, 0.15) is 11.4 Å². The highest BCUT2D eigenvalue weighted by Crippen LogP contribution is 2.49. The number of aromatic nitrogens is 4. The summed E-state index contributed by atoms with van der Waals surface area (Å²) in [5.74, 6) is 0.514. The quantitative estimate of drug-likeness (QED) is 0.343. The molecule has 3 aliphatic rings. The molecule has 42 heavy (non-hydrogen) atoms. The van der Waals surface area contributed by atoms with E-state index < -0.39 is 30.6 Å². The van der Waals surface area contributed by atoms with Gasteiger partial charge in [-0.05, 0) is 57.5 Å². The Morgan fingerprint density at radius 3 is 2.64 bits per heavy atom. The van der Waals surface area contributed by atoms with Gasteiger partial charge >= 0.3 is 6.09 Å². The minimum absolute atomic E-state index is 0.00594. The number of anilines is 1. The minimum atomic E-state index is -2.66. The van der Waals surface area contributed by atoms with Crippen molar-refractivity contribution in [1.82, 2.24) is 29.7 Å². The second-order valence-corrected chi connectivity index (χ2v) is 12.5. The molecule has 7 rings (SSSR count). The lowest BCUT2D eigenvalue weighted by atomic mass is 9.98. The molecule has 1 fully saturated rings. The number of rotatable bonds is 3. The van der Waals surface area contributed by atoms with Crippen LogP contribution in [0.1, 0.15) is 72.1 Å². The van der Waals surface area contributed by atoms with Crippen molar-refractivity contribution < 1.29 is 18.4 Å². The predicted molar refractivity (Wildman–Crippen MR) is 160 cm³/mol. The van der Waals surface area contributed by atoms with Gasteiger partial charge in [0.2, 0.25) is 5.95 Å². The van der Waals surface area contributed by atoms with Gasteiger partial charge in [-0.3, -0.25) is 4.79 Å². The Morgan fingerprint density at radius 1 is 1.14 bits per heavy atom. The lowest BCUT2D eigenvalue weighted by molar-refractivity contribution is 0.0481. The number of nitrogens with zero attached hydrogens (tertiary/aromatic N) is 6. The first kappa shape index (κ1) is 23.4. The maximum atomic E-state index is 13.6. The molecular weight excluding hydrogens is 554 g/mol. The first-order valence-electron chi connectivity index (χ1n) is 15.4. The van der Waals surface area contributed by atoms with Gasteiger partial charge in [0.25, 0.3) is 5.91 Å². The topological polar surface area (TPSA) is 105 Å². The number of fused-ring (bicyclic) bond motifs is 9. The van der Waals surface area contributed by atoms with E-state index >= 15 is 0 Å². The van der Waals surface area contributed by atoms with Crippen LogP contribution in [0.3, 0.4) is 0 Å². The number of hydrogen-bond donors (Lipinski definition) is 1. The Balaban J connectivity index is 1.19. The van der Waals surface area contributed by atoms with Crippen LogP contribution in [0.15, 0.2) is 48.8 Å². The number of amides is 2. The molecule has 0 saturated carbocycles. The molecule has 3 aliphatic heterocycles. The van der Waals surface area contributed by atoms with Gasteiger partial charge in [-0.2, -0.15) is 0 Å². The van der Waals surface area contributed by atoms with E-state index in [1.54, 1.807) is 30.6 Å². The Hall–Kier alpha value is -4.18. The number of imidazole rings is 1. The summed E-state index contributed by atoms with van der Waals surface area (Å²) in [4.78, 5) is 42.8. The third-order valence-electron chi connectivity index (χ3n) is 8.32. The summed E-state index contributed by atoms with van der Waals surface area (Å²) < 4.78 is 32.0. The summed E-state index contributed by atoms with van der Waals surface area (Å²) in [6.07, 6.45) is 3.44. The number of hydrogen-bond acceptors (Lipinski definition) is 7. The molecule has 2 aromatic heterocycles. The van der Waals surface area contributed by atoms with E-state index in [4.69, 9.17) is 25.4 Å². The fraction of sp³-hybridized carbons (Fsp3) is 0.387. The number of benzene rings is 2. The smallest absolute Gasteiger partial charge is 0.408 e. The third-order valence-corrected chi connectivity index (χ3v) is 8.65. The van der Waals surface area contributed by atoms with E-state index in [1.807, 2.05) is 55.4 Å². The van der Waals surface area contributed by atoms with Crippen LogP contribution in [0, 0.1) is 0 Å². The van der Waals surface area contributed by atoms with Gasteiger partial charge < -0.3 is 24.4 Å². The van der Waals surface area contributed by atoms with Crippen molar-refractivity contribution in [1.29, 1.82) is 0 Å². The Morgan fingerprint density at radius 2 is 1.93 bits per heavy atom. The van der Waals surface area contributed by atoms with Crippen molar-refractivity contribution in [2.75, 3.05) is 18.4 Å². The number of carbonyl (C=O) groups is 2. The van der Waals surface area contributed by atoms with Crippen LogP contribution in [-0.4, -0.2) is 67.6 Å². The average Bonchev–Trinajstić information content (AvgIpc) is 3.46. The third kappa shape index (κ3) is 4.19. The number of nitrogens with one attached hydrogen (secondary N) is 1. The van der Waals surface area contributed by atoms with E-state index in [9.17, 15) is 9.59 Å². The van der Waals surface area contributed by atoms with E-state index in [-0.39, 0.29) is 18.1 Å². The van der Waals surface area contributed by atoms with Gasteiger partial charge in [0.05, 0.1) is 35.2 Å². The highest BCUT2D eigenvalue weighted by molar-refractivity contribution is 6.32. The second-order valence-electron chi connectivity index (χ2n) is 12.1. The minimum Gasteiger partial charge on any atom is -0.444 e. The molecule has 216 valence electrons. The SMILES string of the molecule is [2H]C([2H])([2H])N1C(=O)c2cccc(Cl)c2[C@H]2C[C@@H]1c1nc3ccc(-c4cnc(N5C[C@H](NC(=O)OC(C)(C)C)[C@H]5C)nc4)cc3n12. The summed E-state index contributed by atoms with van der Waals surface area (Å²) in [6, 6.07) is 9.66. The maximum absolute atomic E-state index is 13.6. The van der Waals surface area contributed by atoms with Crippen LogP contribution in [-0.2, 0) is 4.74 Å². The average molecular weight is 589 g/mol. The summed E-state index contributed by atoms with van der Waals surface area (Å²) in [6.45, 7) is 5.39. The Bertz CT molecular complexity index is 1850. The summed E-state index contributed by atoms with van der Waals surface area (Å²) in [5, 5.41) is 3.32. The zero-order chi connectivity index (χ0) is 32.0. The van der Waals surface area contributed by atoms with E-state index in [2.05, 4.69) is 15.3 Å². The molecule has 0 aliphatic carbocycles. The molecular formula is C31H32ClN7O3. The standard InChI is InChI=1S/C31H32ClN7O3/c1-16-22(36-30(41)42-31(2,3)4)15-38(16)29-33-13-18(14-34-29)17-9-10-21-23(11-17)39-24-12-25(27(39)35-21)37(5)28(40)19-7-6-8-20(32)26(19)24/h6-11,13-14,16,22,24-25H,12,15H2,1-5H3,(H,36,41)/t16-,22+,24-,25-/m1/s1/i5D3. The number of carbonyl (C=O) groups excluding carboxylic acids is 2. The van der Waals surface area contributed by atoms with Crippen LogP contribution >= 0.6 is 11.6 Å². The zero-order valence-corrected chi connectivity index (χ0v) is 24.4. The van der Waals surface area contributed by atoms with E-state index in [0.29, 0.717) is 46.4 Å². The van der Waals surface area contributed by atoms with Crippen molar-refractivity contribution in [3.63, 3.8) is 0 Å². The Kier molecular flexibility index (Phi) is 5.25. The zero-order valence-electron chi connectivity index (χ0n) is 26.6. The van der Waals surface area contributed by atoms with Gasteiger partial charge in [-0.1, -0.05) is 23.7 Å². The number of ether oxygens (including phenoxy) is 1. The lowest BCUT2D eigenvalue weighted by Gasteiger charge is -2.46. The molecule has 2 amide bonds. The molecule has 11 heteroatoms. The molecule has 2 aromatic carbocycles. The molecule has 1 N–H and O–H groups in total. The Labute approximate surface area is 252 Å². The molecule has 4 aromatic rings. The van der Waals surface area contributed by atoms with Gasteiger partial charge in [-0.25, -0.2) is 19.7 Å².